The molecule has 0 saturated heterocycles. The molecule has 0 radical (unpaired) electrons. The lowest BCUT2D eigenvalue weighted by Crippen LogP contribution is -2.47. The molecule has 0 atom stereocenters. The van der Waals surface area contributed by atoms with Crippen LogP contribution in [0, 0.1) is 0 Å². The van der Waals surface area contributed by atoms with Gasteiger partial charge in [0.25, 0.3) is 0 Å². The van der Waals surface area contributed by atoms with Gasteiger partial charge in [0.2, 0.25) is 5.91 Å². The monoisotopic (exact) mass is 443 g/mol. The van der Waals surface area contributed by atoms with Crippen LogP contribution in [0.2, 0.25) is 5.02 Å². The Balaban J connectivity index is 1.54. The Morgan fingerprint density at radius 2 is 1.90 bits per heavy atom. The van der Waals surface area contributed by atoms with Gasteiger partial charge in [-0.15, -0.1) is 0 Å². The Kier molecular flexibility index (Phi) is 6.43. The molecule has 2 aromatic rings. The number of carbonyl (C=O) groups is 2. The number of aryl methyl sites for hydroxylation is 1. The summed E-state index contributed by atoms with van der Waals surface area (Å²) in [5, 5.41) is 3.64. The summed E-state index contributed by atoms with van der Waals surface area (Å²) in [6, 6.07) is 10.9. The van der Waals surface area contributed by atoms with Gasteiger partial charge in [-0.2, -0.15) is 0 Å². The number of halogens is 1. The zero-order valence-corrected chi connectivity index (χ0v) is 18.3. The summed E-state index contributed by atoms with van der Waals surface area (Å²) in [6.45, 7) is 1.15. The molecule has 0 unspecified atom stereocenters. The number of fused-ring (bicyclic) bond motifs is 1. The van der Waals surface area contributed by atoms with E-state index < -0.39 is 11.5 Å². The second-order valence-corrected chi connectivity index (χ2v) is 8.36. The fourth-order valence-corrected chi connectivity index (χ4v) is 4.23. The van der Waals surface area contributed by atoms with Crippen molar-refractivity contribution in [1.82, 2.24) is 4.98 Å². The third-order valence-corrected chi connectivity index (χ3v) is 6.26. The molecular formula is C23H26ClN3O4. The maximum absolute atomic E-state index is 13.2. The standard InChI is InChI=1S/C23H26ClN3O4/c1-30-14-15-31-22(29)27-13-2-4-18-19(27)9-10-20(26-18)23(11-3-12-23)21(28)25-17-7-5-16(24)6-8-17/h5-10H,2-4,11-15H2,1H3,(H,25,28). The Bertz CT molecular complexity index is 960. The van der Waals surface area contributed by atoms with E-state index in [0.717, 1.165) is 49.2 Å². The highest BCUT2D eigenvalue weighted by Crippen LogP contribution is 2.45. The van der Waals surface area contributed by atoms with E-state index >= 15 is 0 Å². The minimum Gasteiger partial charge on any atom is -0.447 e. The van der Waals surface area contributed by atoms with Crippen molar-refractivity contribution >= 4 is 35.0 Å². The number of aromatic nitrogens is 1. The first-order valence-electron chi connectivity index (χ1n) is 10.5. The molecule has 164 valence electrons. The SMILES string of the molecule is COCCOC(=O)N1CCCc2nc(C3(C(=O)Nc4ccc(Cl)cc4)CCC3)ccc21. The van der Waals surface area contributed by atoms with Gasteiger partial charge in [-0.1, -0.05) is 18.0 Å². The van der Waals surface area contributed by atoms with Crippen molar-refractivity contribution in [2.45, 2.75) is 37.5 Å². The number of pyridine rings is 1. The zero-order valence-electron chi connectivity index (χ0n) is 17.5. The van der Waals surface area contributed by atoms with Crippen LogP contribution in [0.5, 0.6) is 0 Å². The molecule has 31 heavy (non-hydrogen) atoms. The van der Waals surface area contributed by atoms with Crippen LogP contribution in [0.15, 0.2) is 36.4 Å². The first kappa shape index (κ1) is 21.6. The Labute approximate surface area is 186 Å². The van der Waals surface area contributed by atoms with Crippen molar-refractivity contribution < 1.29 is 19.1 Å². The number of anilines is 2. The van der Waals surface area contributed by atoms with E-state index in [9.17, 15) is 9.59 Å². The van der Waals surface area contributed by atoms with Crippen LogP contribution in [0.4, 0.5) is 16.2 Å². The lowest BCUT2D eigenvalue weighted by atomic mass is 9.65. The van der Waals surface area contributed by atoms with E-state index in [0.29, 0.717) is 23.9 Å². The van der Waals surface area contributed by atoms with Gasteiger partial charge in [-0.05, 0) is 62.1 Å². The molecule has 2 aliphatic rings. The van der Waals surface area contributed by atoms with Gasteiger partial charge in [-0.25, -0.2) is 4.79 Å². The summed E-state index contributed by atoms with van der Waals surface area (Å²) in [7, 11) is 1.56. The van der Waals surface area contributed by atoms with E-state index in [1.54, 1.807) is 36.3 Å². The minimum atomic E-state index is -0.643. The lowest BCUT2D eigenvalue weighted by Gasteiger charge is -2.40. The van der Waals surface area contributed by atoms with Crippen molar-refractivity contribution in [3.8, 4) is 0 Å². The molecule has 0 bridgehead atoms. The summed E-state index contributed by atoms with van der Waals surface area (Å²) < 4.78 is 10.2. The maximum atomic E-state index is 13.2. The molecule has 2 amide bonds. The number of methoxy groups -OCH3 is 1. The van der Waals surface area contributed by atoms with E-state index in [2.05, 4.69) is 5.32 Å². The van der Waals surface area contributed by atoms with E-state index in [4.69, 9.17) is 26.1 Å². The maximum Gasteiger partial charge on any atom is 0.414 e. The van der Waals surface area contributed by atoms with Crippen molar-refractivity contribution in [3.05, 3.63) is 52.8 Å². The van der Waals surface area contributed by atoms with Gasteiger partial charge in [0, 0.05) is 24.4 Å². The highest BCUT2D eigenvalue weighted by atomic mass is 35.5. The largest absolute Gasteiger partial charge is 0.447 e. The summed E-state index contributed by atoms with van der Waals surface area (Å²) in [6.07, 6.45) is 3.64. The van der Waals surface area contributed by atoms with Gasteiger partial charge >= 0.3 is 6.09 Å². The molecule has 1 aromatic carbocycles. The highest BCUT2D eigenvalue weighted by molar-refractivity contribution is 6.30. The Morgan fingerprint density at radius 3 is 2.58 bits per heavy atom. The molecule has 0 spiro atoms. The normalized spacial score (nSPS) is 16.8. The summed E-state index contributed by atoms with van der Waals surface area (Å²) >= 11 is 5.94. The number of hydrogen-bond acceptors (Lipinski definition) is 5. The second kappa shape index (κ2) is 9.24. The number of nitrogens with zero attached hydrogens (tertiary/aromatic N) is 2. The van der Waals surface area contributed by atoms with Gasteiger partial charge < -0.3 is 14.8 Å². The van der Waals surface area contributed by atoms with Gasteiger partial charge in [-0.3, -0.25) is 14.7 Å². The molecule has 1 saturated carbocycles. The number of nitrogens with one attached hydrogen (secondary N) is 1. The van der Waals surface area contributed by atoms with Gasteiger partial charge in [0.05, 0.1) is 29.1 Å². The highest BCUT2D eigenvalue weighted by Gasteiger charge is 2.47. The topological polar surface area (TPSA) is 80.8 Å². The summed E-state index contributed by atoms with van der Waals surface area (Å²) in [5.74, 6) is -0.0554. The van der Waals surface area contributed by atoms with Crippen LogP contribution >= 0.6 is 11.6 Å². The van der Waals surface area contributed by atoms with E-state index in [1.807, 2.05) is 12.1 Å². The third-order valence-electron chi connectivity index (χ3n) is 6.00. The van der Waals surface area contributed by atoms with E-state index in [1.165, 1.54) is 0 Å². The number of rotatable bonds is 6. The molecule has 1 aromatic heterocycles. The average Bonchev–Trinajstić information content (AvgIpc) is 2.74. The smallest absolute Gasteiger partial charge is 0.414 e. The molecule has 1 N–H and O–H groups in total. The summed E-state index contributed by atoms with van der Waals surface area (Å²) in [5.41, 5.74) is 2.42. The van der Waals surface area contributed by atoms with Crippen LogP contribution in [0.3, 0.4) is 0 Å². The Hall–Kier alpha value is -2.64. The van der Waals surface area contributed by atoms with Crippen LogP contribution in [0.25, 0.3) is 0 Å². The molecular weight excluding hydrogens is 418 g/mol. The van der Waals surface area contributed by atoms with E-state index in [-0.39, 0.29) is 12.5 Å². The molecule has 1 aliphatic heterocycles. The average molecular weight is 444 g/mol. The van der Waals surface area contributed by atoms with Crippen LogP contribution in [-0.4, -0.2) is 43.9 Å². The van der Waals surface area contributed by atoms with Crippen LogP contribution in [-0.2, 0) is 26.1 Å². The molecule has 8 heteroatoms. The van der Waals surface area contributed by atoms with Gasteiger partial charge in [0.1, 0.15) is 6.61 Å². The minimum absolute atomic E-state index is 0.0554. The van der Waals surface area contributed by atoms with Gasteiger partial charge in [0.15, 0.2) is 0 Å². The third kappa shape index (κ3) is 4.38. The Morgan fingerprint density at radius 1 is 1.13 bits per heavy atom. The van der Waals surface area contributed by atoms with Crippen LogP contribution in [0.1, 0.15) is 37.1 Å². The second-order valence-electron chi connectivity index (χ2n) is 7.92. The summed E-state index contributed by atoms with van der Waals surface area (Å²) in [4.78, 5) is 32.2. The van der Waals surface area contributed by atoms with Crippen molar-refractivity contribution in [1.29, 1.82) is 0 Å². The van der Waals surface area contributed by atoms with Crippen LogP contribution < -0.4 is 10.2 Å². The zero-order chi connectivity index (χ0) is 21.8. The predicted molar refractivity (Wildman–Crippen MR) is 119 cm³/mol. The molecule has 2 heterocycles. The first-order chi connectivity index (χ1) is 15.0. The number of ether oxygens (including phenoxy) is 2. The molecule has 7 nitrogen and oxygen atoms in total. The quantitative estimate of drug-likeness (QED) is 0.672. The van der Waals surface area contributed by atoms with Crippen molar-refractivity contribution in [2.75, 3.05) is 37.1 Å². The molecule has 4 rings (SSSR count). The lowest BCUT2D eigenvalue weighted by molar-refractivity contribution is -0.124. The molecule has 1 fully saturated rings. The number of benzene rings is 1. The number of hydrogen-bond donors (Lipinski definition) is 1. The fraction of sp³-hybridized carbons (Fsp3) is 0.435. The molecule has 1 aliphatic carbocycles. The first-order valence-corrected chi connectivity index (χ1v) is 10.9. The van der Waals surface area contributed by atoms with Crippen molar-refractivity contribution in [3.63, 3.8) is 0 Å². The fourth-order valence-electron chi connectivity index (χ4n) is 4.11. The number of amides is 2. The number of carbonyl (C=O) groups excluding carboxylic acids is 2. The predicted octanol–water partition coefficient (Wildman–Crippen LogP) is 4.33. The van der Waals surface area contributed by atoms with Crippen molar-refractivity contribution in [2.24, 2.45) is 0 Å².